The van der Waals surface area contributed by atoms with Crippen LogP contribution in [0, 0.1) is 13.8 Å². The first-order valence-corrected chi connectivity index (χ1v) is 8.42. The Morgan fingerprint density at radius 2 is 1.92 bits per heavy atom. The molecule has 1 aliphatic rings. The molecule has 5 heteroatoms. The number of hydrogen-bond donors (Lipinski definition) is 0. The van der Waals surface area contributed by atoms with Crippen LogP contribution in [-0.2, 0) is 0 Å². The molecule has 0 N–H and O–H groups in total. The molecule has 0 amide bonds. The quantitative estimate of drug-likeness (QED) is 0.733. The number of aryl methyl sites for hydroxylation is 2. The maximum absolute atomic E-state index is 6.03. The molecule has 0 saturated carbocycles. The summed E-state index contributed by atoms with van der Waals surface area (Å²) in [7, 11) is 0. The number of anilines is 1. The van der Waals surface area contributed by atoms with Crippen molar-refractivity contribution in [2.45, 2.75) is 20.0 Å². The average molecular weight is 332 g/mol. The summed E-state index contributed by atoms with van der Waals surface area (Å²) in [5.74, 6) is 2.58. The van der Waals surface area contributed by atoms with Crippen LogP contribution in [0.5, 0.6) is 5.75 Å². The van der Waals surface area contributed by atoms with Gasteiger partial charge in [0.05, 0.1) is 13.1 Å². The second-order valence-corrected chi connectivity index (χ2v) is 6.39. The molecule has 0 bridgehead atoms. The lowest BCUT2D eigenvalue weighted by Gasteiger charge is -2.40. The van der Waals surface area contributed by atoms with E-state index in [4.69, 9.17) is 9.72 Å². The van der Waals surface area contributed by atoms with Gasteiger partial charge in [0, 0.05) is 29.7 Å². The standard InChI is InChI=1S/C20H20N4O/c1-14-5-3-7-17(9-14)25-18-12-24(13-18)19-10-15(2)22-20(23-19)16-6-4-8-21-11-16/h3-11,18H,12-13H2,1-2H3. The summed E-state index contributed by atoms with van der Waals surface area (Å²) >= 11 is 0. The van der Waals surface area contributed by atoms with Crippen LogP contribution in [0.4, 0.5) is 5.82 Å². The van der Waals surface area contributed by atoms with Crippen molar-refractivity contribution in [3.63, 3.8) is 0 Å². The molecule has 1 aromatic carbocycles. The number of pyridine rings is 1. The lowest BCUT2D eigenvalue weighted by atomic mass is 10.1. The van der Waals surface area contributed by atoms with Crippen LogP contribution < -0.4 is 9.64 Å². The molecule has 0 atom stereocenters. The third-order valence-electron chi connectivity index (χ3n) is 4.22. The molecule has 0 radical (unpaired) electrons. The third-order valence-corrected chi connectivity index (χ3v) is 4.22. The van der Waals surface area contributed by atoms with Gasteiger partial charge in [0.2, 0.25) is 0 Å². The zero-order chi connectivity index (χ0) is 17.2. The van der Waals surface area contributed by atoms with Crippen LogP contribution in [0.25, 0.3) is 11.4 Å². The number of hydrogen-bond acceptors (Lipinski definition) is 5. The van der Waals surface area contributed by atoms with E-state index in [0.717, 1.165) is 35.9 Å². The molecular formula is C20H20N4O. The van der Waals surface area contributed by atoms with Crippen molar-refractivity contribution in [1.29, 1.82) is 0 Å². The van der Waals surface area contributed by atoms with Gasteiger partial charge in [-0.2, -0.15) is 0 Å². The highest BCUT2D eigenvalue weighted by molar-refractivity contribution is 5.57. The molecule has 4 rings (SSSR count). The SMILES string of the molecule is Cc1cccc(OC2CN(c3cc(C)nc(-c4cccnc4)n3)C2)c1. The maximum atomic E-state index is 6.03. The Morgan fingerprint density at radius 3 is 2.68 bits per heavy atom. The van der Waals surface area contributed by atoms with Crippen molar-refractivity contribution in [2.75, 3.05) is 18.0 Å². The molecule has 0 unspecified atom stereocenters. The Morgan fingerprint density at radius 1 is 1.04 bits per heavy atom. The molecule has 1 fully saturated rings. The van der Waals surface area contributed by atoms with Crippen molar-refractivity contribution in [3.05, 3.63) is 66.1 Å². The molecule has 1 saturated heterocycles. The zero-order valence-corrected chi connectivity index (χ0v) is 14.4. The fourth-order valence-electron chi connectivity index (χ4n) is 2.92. The van der Waals surface area contributed by atoms with Gasteiger partial charge < -0.3 is 9.64 Å². The zero-order valence-electron chi connectivity index (χ0n) is 14.4. The number of ether oxygens (including phenoxy) is 1. The molecular weight excluding hydrogens is 312 g/mol. The summed E-state index contributed by atoms with van der Waals surface area (Å²) in [4.78, 5) is 15.6. The van der Waals surface area contributed by atoms with Crippen LogP contribution in [-0.4, -0.2) is 34.1 Å². The number of nitrogens with zero attached hydrogens (tertiary/aromatic N) is 4. The van der Waals surface area contributed by atoms with Gasteiger partial charge in [-0.25, -0.2) is 9.97 Å². The van der Waals surface area contributed by atoms with Crippen LogP contribution in [0.3, 0.4) is 0 Å². The highest BCUT2D eigenvalue weighted by Gasteiger charge is 2.30. The van der Waals surface area contributed by atoms with E-state index in [1.54, 1.807) is 12.4 Å². The smallest absolute Gasteiger partial charge is 0.163 e. The number of aromatic nitrogens is 3. The molecule has 3 heterocycles. The van der Waals surface area contributed by atoms with E-state index in [-0.39, 0.29) is 6.10 Å². The first-order valence-electron chi connectivity index (χ1n) is 8.42. The highest BCUT2D eigenvalue weighted by Crippen LogP contribution is 2.25. The molecule has 2 aromatic heterocycles. The minimum atomic E-state index is 0.193. The summed E-state index contributed by atoms with van der Waals surface area (Å²) in [5.41, 5.74) is 3.09. The van der Waals surface area contributed by atoms with E-state index in [1.165, 1.54) is 5.56 Å². The van der Waals surface area contributed by atoms with E-state index in [0.29, 0.717) is 5.82 Å². The van der Waals surface area contributed by atoms with E-state index < -0.39 is 0 Å². The lowest BCUT2D eigenvalue weighted by Crippen LogP contribution is -2.54. The fraction of sp³-hybridized carbons (Fsp3) is 0.250. The molecule has 3 aromatic rings. The monoisotopic (exact) mass is 332 g/mol. The van der Waals surface area contributed by atoms with Gasteiger partial charge in [0.25, 0.3) is 0 Å². The minimum Gasteiger partial charge on any atom is -0.487 e. The Labute approximate surface area is 147 Å². The van der Waals surface area contributed by atoms with Crippen LogP contribution in [0.2, 0.25) is 0 Å². The fourth-order valence-corrected chi connectivity index (χ4v) is 2.92. The second-order valence-electron chi connectivity index (χ2n) is 6.39. The van der Waals surface area contributed by atoms with Gasteiger partial charge in [-0.1, -0.05) is 12.1 Å². The highest BCUT2D eigenvalue weighted by atomic mass is 16.5. The van der Waals surface area contributed by atoms with Crippen molar-refractivity contribution in [1.82, 2.24) is 15.0 Å². The van der Waals surface area contributed by atoms with Gasteiger partial charge in [0.15, 0.2) is 5.82 Å². The predicted molar refractivity (Wildman–Crippen MR) is 97.8 cm³/mol. The topological polar surface area (TPSA) is 51.1 Å². The van der Waals surface area contributed by atoms with Crippen molar-refractivity contribution in [3.8, 4) is 17.1 Å². The van der Waals surface area contributed by atoms with E-state index in [2.05, 4.69) is 33.9 Å². The molecule has 0 aliphatic carbocycles. The van der Waals surface area contributed by atoms with Crippen molar-refractivity contribution >= 4 is 5.82 Å². The molecule has 126 valence electrons. The molecule has 5 nitrogen and oxygen atoms in total. The van der Waals surface area contributed by atoms with Gasteiger partial charge in [-0.05, 0) is 43.7 Å². The minimum absolute atomic E-state index is 0.193. The summed E-state index contributed by atoms with van der Waals surface area (Å²) in [6.07, 6.45) is 3.74. The number of rotatable bonds is 4. The first kappa shape index (κ1) is 15.6. The van der Waals surface area contributed by atoms with E-state index in [1.807, 2.05) is 37.3 Å². The molecule has 0 spiro atoms. The van der Waals surface area contributed by atoms with E-state index >= 15 is 0 Å². The Hall–Kier alpha value is -2.95. The van der Waals surface area contributed by atoms with Crippen LogP contribution in [0.15, 0.2) is 54.9 Å². The lowest BCUT2D eigenvalue weighted by molar-refractivity contribution is 0.167. The van der Waals surface area contributed by atoms with Gasteiger partial charge in [-0.3, -0.25) is 4.98 Å². The van der Waals surface area contributed by atoms with Crippen molar-refractivity contribution < 1.29 is 4.74 Å². The average Bonchev–Trinajstić information content (AvgIpc) is 2.58. The summed E-state index contributed by atoms with van der Waals surface area (Å²) in [6, 6.07) is 14.1. The second kappa shape index (κ2) is 6.51. The molecule has 1 aliphatic heterocycles. The number of benzene rings is 1. The Balaban J connectivity index is 1.46. The van der Waals surface area contributed by atoms with Gasteiger partial charge in [0.1, 0.15) is 17.7 Å². The Bertz CT molecular complexity index is 876. The normalized spacial score (nSPS) is 14.2. The first-order chi connectivity index (χ1) is 12.2. The summed E-state index contributed by atoms with van der Waals surface area (Å²) in [6.45, 7) is 5.73. The van der Waals surface area contributed by atoms with Gasteiger partial charge >= 0.3 is 0 Å². The summed E-state index contributed by atoms with van der Waals surface area (Å²) in [5, 5.41) is 0. The molecule has 25 heavy (non-hydrogen) atoms. The maximum Gasteiger partial charge on any atom is 0.163 e. The van der Waals surface area contributed by atoms with Crippen LogP contribution >= 0.6 is 0 Å². The Kier molecular flexibility index (Phi) is 4.06. The van der Waals surface area contributed by atoms with Crippen molar-refractivity contribution in [2.24, 2.45) is 0 Å². The van der Waals surface area contributed by atoms with Gasteiger partial charge in [-0.15, -0.1) is 0 Å². The summed E-state index contributed by atoms with van der Waals surface area (Å²) < 4.78 is 6.03. The largest absolute Gasteiger partial charge is 0.487 e. The van der Waals surface area contributed by atoms with Crippen LogP contribution in [0.1, 0.15) is 11.3 Å². The van der Waals surface area contributed by atoms with E-state index in [9.17, 15) is 0 Å². The predicted octanol–water partition coefficient (Wildman–Crippen LogP) is 3.42. The third kappa shape index (κ3) is 3.45.